The molecule has 144 valence electrons. The molecular weight excluding hydrogens is 382 g/mol. The average molecular weight is 399 g/mol. The number of aromatic amines is 1. The highest BCUT2D eigenvalue weighted by molar-refractivity contribution is 7.89. The van der Waals surface area contributed by atoms with Gasteiger partial charge in [-0.25, -0.2) is 17.9 Å². The Morgan fingerprint density at radius 3 is 2.71 bits per heavy atom. The zero-order valence-corrected chi connectivity index (χ0v) is 15.7. The summed E-state index contributed by atoms with van der Waals surface area (Å²) in [5.74, 6) is -0.562. The van der Waals surface area contributed by atoms with E-state index in [-0.39, 0.29) is 29.0 Å². The van der Waals surface area contributed by atoms with Crippen molar-refractivity contribution in [3.63, 3.8) is 0 Å². The van der Waals surface area contributed by atoms with Crippen LogP contribution in [0.25, 0.3) is 22.0 Å². The molecule has 0 aliphatic heterocycles. The number of nitrogens with zero attached hydrogens (tertiary/aromatic N) is 1. The van der Waals surface area contributed by atoms with Crippen LogP contribution < -0.4 is 16.0 Å². The van der Waals surface area contributed by atoms with Gasteiger partial charge in [0.1, 0.15) is 0 Å². The van der Waals surface area contributed by atoms with Crippen LogP contribution in [0.4, 0.5) is 0 Å². The van der Waals surface area contributed by atoms with Gasteiger partial charge in [-0.15, -0.1) is 0 Å². The van der Waals surface area contributed by atoms with Gasteiger partial charge in [0, 0.05) is 30.7 Å². The number of benzene rings is 2. The monoisotopic (exact) mass is 399 g/mol. The molecule has 0 saturated heterocycles. The number of para-hydroxylation sites is 1. The van der Waals surface area contributed by atoms with E-state index in [1.807, 2.05) is 18.2 Å². The highest BCUT2D eigenvalue weighted by Crippen LogP contribution is 2.18. The quantitative estimate of drug-likeness (QED) is 0.528. The molecule has 4 rings (SSSR count). The summed E-state index contributed by atoms with van der Waals surface area (Å²) < 4.78 is 33.9. The summed E-state index contributed by atoms with van der Waals surface area (Å²) in [5.41, 5.74) is 1.68. The van der Waals surface area contributed by atoms with Crippen molar-refractivity contribution in [2.75, 3.05) is 6.54 Å². The molecule has 9 heteroatoms. The van der Waals surface area contributed by atoms with E-state index in [0.717, 1.165) is 10.9 Å². The van der Waals surface area contributed by atoms with E-state index in [1.54, 1.807) is 19.2 Å². The first-order valence-electron chi connectivity index (χ1n) is 8.55. The minimum absolute atomic E-state index is 0.0122. The minimum Gasteiger partial charge on any atom is -0.408 e. The van der Waals surface area contributed by atoms with Crippen molar-refractivity contribution in [1.29, 1.82) is 0 Å². The van der Waals surface area contributed by atoms with Crippen LogP contribution in [0.15, 0.2) is 67.4 Å². The van der Waals surface area contributed by atoms with Crippen molar-refractivity contribution in [1.82, 2.24) is 14.3 Å². The van der Waals surface area contributed by atoms with Crippen molar-refractivity contribution < 1.29 is 12.8 Å². The minimum atomic E-state index is -3.81. The topological polar surface area (TPSA) is 114 Å². The van der Waals surface area contributed by atoms with Gasteiger partial charge in [-0.2, -0.15) is 0 Å². The maximum atomic E-state index is 12.5. The van der Waals surface area contributed by atoms with Crippen LogP contribution in [0.3, 0.4) is 0 Å². The molecule has 4 aromatic rings. The van der Waals surface area contributed by atoms with E-state index in [9.17, 15) is 18.0 Å². The molecule has 0 amide bonds. The molecule has 0 aliphatic rings. The first-order chi connectivity index (χ1) is 13.3. The lowest BCUT2D eigenvalue weighted by atomic mass is 10.1. The maximum Gasteiger partial charge on any atom is 0.419 e. The zero-order chi connectivity index (χ0) is 19.9. The highest BCUT2D eigenvalue weighted by atomic mass is 32.2. The van der Waals surface area contributed by atoms with Crippen molar-refractivity contribution in [2.45, 2.75) is 11.3 Å². The SMILES string of the molecule is Cn1c(=O)oc2cc(S(=O)(=O)NCCc3cc4ccccc4[nH]c3=O)ccc21. The molecule has 2 aromatic carbocycles. The van der Waals surface area contributed by atoms with E-state index in [1.165, 1.54) is 22.8 Å². The lowest BCUT2D eigenvalue weighted by Gasteiger charge is -2.07. The number of hydrogen-bond acceptors (Lipinski definition) is 5. The number of nitrogens with one attached hydrogen (secondary N) is 2. The van der Waals surface area contributed by atoms with Gasteiger partial charge in [-0.05, 0) is 36.1 Å². The second kappa shape index (κ2) is 6.77. The smallest absolute Gasteiger partial charge is 0.408 e. The molecule has 0 spiro atoms. The van der Waals surface area contributed by atoms with Crippen LogP contribution in [-0.2, 0) is 23.5 Å². The standard InChI is InChI=1S/C19H17N3O5S/c1-22-16-7-6-14(11-17(16)27-19(22)24)28(25,26)20-9-8-13-10-12-4-2-3-5-15(12)21-18(13)23/h2-7,10-11,20H,8-9H2,1H3,(H,21,23). The van der Waals surface area contributed by atoms with Crippen LogP contribution in [0.2, 0.25) is 0 Å². The number of H-pyrrole nitrogens is 1. The highest BCUT2D eigenvalue weighted by Gasteiger charge is 2.17. The number of aryl methyl sites for hydroxylation is 1. The molecular formula is C19H17N3O5S. The van der Waals surface area contributed by atoms with Gasteiger partial charge >= 0.3 is 5.76 Å². The first kappa shape index (κ1) is 18.2. The summed E-state index contributed by atoms with van der Waals surface area (Å²) in [7, 11) is -2.27. The van der Waals surface area contributed by atoms with Crippen molar-refractivity contribution in [2.24, 2.45) is 7.05 Å². The van der Waals surface area contributed by atoms with Gasteiger partial charge in [0.15, 0.2) is 5.58 Å². The largest absolute Gasteiger partial charge is 0.419 e. The summed E-state index contributed by atoms with van der Waals surface area (Å²) in [6, 6.07) is 13.4. The van der Waals surface area contributed by atoms with Gasteiger partial charge in [-0.3, -0.25) is 9.36 Å². The Hall–Kier alpha value is -3.17. The van der Waals surface area contributed by atoms with Crippen molar-refractivity contribution in [3.05, 3.63) is 75.0 Å². The van der Waals surface area contributed by atoms with Crippen LogP contribution >= 0.6 is 0 Å². The average Bonchev–Trinajstić information content (AvgIpc) is 2.95. The van der Waals surface area contributed by atoms with E-state index >= 15 is 0 Å². The van der Waals surface area contributed by atoms with Gasteiger partial charge in [0.05, 0.1) is 10.4 Å². The maximum absolute atomic E-state index is 12.5. The fourth-order valence-electron chi connectivity index (χ4n) is 3.06. The predicted molar refractivity (Wildman–Crippen MR) is 105 cm³/mol. The molecule has 2 N–H and O–H groups in total. The third kappa shape index (κ3) is 3.25. The van der Waals surface area contributed by atoms with Crippen molar-refractivity contribution >= 4 is 32.0 Å². The Morgan fingerprint density at radius 2 is 1.89 bits per heavy atom. The van der Waals surface area contributed by atoms with E-state index in [0.29, 0.717) is 11.1 Å². The molecule has 0 atom stereocenters. The number of oxazole rings is 1. The summed E-state index contributed by atoms with van der Waals surface area (Å²) in [6.07, 6.45) is 0.238. The summed E-state index contributed by atoms with van der Waals surface area (Å²) in [6.45, 7) is 0.0561. The van der Waals surface area contributed by atoms with Gasteiger partial charge in [0.2, 0.25) is 10.0 Å². The molecule has 0 saturated carbocycles. The summed E-state index contributed by atoms with van der Waals surface area (Å²) >= 11 is 0. The third-order valence-electron chi connectivity index (χ3n) is 4.59. The predicted octanol–water partition coefficient (Wildman–Crippen LogP) is 1.49. The number of fused-ring (bicyclic) bond motifs is 2. The van der Waals surface area contributed by atoms with Crippen molar-refractivity contribution in [3.8, 4) is 0 Å². The summed E-state index contributed by atoms with van der Waals surface area (Å²) in [5, 5.41) is 0.879. The van der Waals surface area contributed by atoms with Gasteiger partial charge < -0.3 is 9.40 Å². The van der Waals surface area contributed by atoms with Crippen LogP contribution in [0, 0.1) is 0 Å². The number of sulfonamides is 1. The molecule has 8 nitrogen and oxygen atoms in total. The normalized spacial score (nSPS) is 12.0. The fourth-order valence-corrected chi connectivity index (χ4v) is 4.11. The van der Waals surface area contributed by atoms with Gasteiger partial charge in [-0.1, -0.05) is 18.2 Å². The molecule has 0 aliphatic carbocycles. The second-order valence-corrected chi connectivity index (χ2v) is 8.18. The Balaban J connectivity index is 1.54. The zero-order valence-electron chi connectivity index (χ0n) is 14.9. The molecule has 2 heterocycles. The Bertz CT molecular complexity index is 1410. The molecule has 28 heavy (non-hydrogen) atoms. The van der Waals surface area contributed by atoms with E-state index in [2.05, 4.69) is 9.71 Å². The van der Waals surface area contributed by atoms with E-state index < -0.39 is 15.8 Å². The lowest BCUT2D eigenvalue weighted by Crippen LogP contribution is -2.27. The Labute approximate surface area is 159 Å². The number of aromatic nitrogens is 2. The van der Waals surface area contributed by atoms with Crippen LogP contribution in [-0.4, -0.2) is 24.5 Å². The molecule has 0 unspecified atom stereocenters. The first-order valence-corrected chi connectivity index (χ1v) is 10.0. The number of hydrogen-bond donors (Lipinski definition) is 2. The van der Waals surface area contributed by atoms with Crippen LogP contribution in [0.5, 0.6) is 0 Å². The Morgan fingerprint density at radius 1 is 1.11 bits per heavy atom. The fraction of sp³-hybridized carbons (Fsp3) is 0.158. The number of rotatable bonds is 5. The van der Waals surface area contributed by atoms with E-state index in [4.69, 9.17) is 4.42 Å². The Kier molecular flexibility index (Phi) is 4.40. The van der Waals surface area contributed by atoms with Gasteiger partial charge in [0.25, 0.3) is 5.56 Å². The lowest BCUT2D eigenvalue weighted by molar-refractivity contribution is 0.527. The third-order valence-corrected chi connectivity index (χ3v) is 6.05. The van der Waals surface area contributed by atoms with Crippen LogP contribution in [0.1, 0.15) is 5.56 Å². The molecule has 2 aromatic heterocycles. The summed E-state index contributed by atoms with van der Waals surface area (Å²) in [4.78, 5) is 26.5. The molecule has 0 fully saturated rings. The number of pyridine rings is 1. The molecule has 0 radical (unpaired) electrons. The second-order valence-electron chi connectivity index (χ2n) is 6.42. The molecule has 0 bridgehead atoms.